The summed E-state index contributed by atoms with van der Waals surface area (Å²) in [6.07, 6.45) is 9.65. The highest BCUT2D eigenvalue weighted by atomic mass is 32.1. The van der Waals surface area contributed by atoms with Crippen molar-refractivity contribution in [2.45, 2.75) is 25.8 Å². The number of nitrogens with two attached hydrogens (primary N) is 1. The van der Waals surface area contributed by atoms with Crippen molar-refractivity contribution < 1.29 is 4.79 Å². The van der Waals surface area contributed by atoms with Crippen LogP contribution in [0.1, 0.15) is 28.0 Å². The van der Waals surface area contributed by atoms with Gasteiger partial charge in [-0.25, -0.2) is 9.78 Å². The molecule has 3 N–H and O–H groups in total. The Balaban J connectivity index is 1.25. The number of anilines is 2. The molecule has 7 nitrogen and oxygen atoms in total. The monoisotopic (exact) mass is 472 g/mol. The molecule has 0 spiro atoms. The number of carbonyl (C=O) groups is 1. The third-order valence-corrected chi connectivity index (χ3v) is 7.20. The maximum absolute atomic E-state index is 12.3. The molecule has 2 aliphatic rings. The number of aliphatic imine (C=N–C) groups is 1. The predicted molar refractivity (Wildman–Crippen MR) is 139 cm³/mol. The summed E-state index contributed by atoms with van der Waals surface area (Å²) in [4.78, 5) is 26.8. The number of fused-ring (bicyclic) bond motifs is 1. The Morgan fingerprint density at radius 2 is 2.03 bits per heavy atom. The highest BCUT2D eigenvalue weighted by Crippen LogP contribution is 2.31. The standard InChI is InChI=1S/C26H28N6OS/c27-10-1-11-28-22-6-3-19(4-7-22)15-24-17-30-26(34-24)31-14-9-20-5-8-23(16-21(20)18-31)32-13-2-12-29-25(32)33/h1,3-8,10-11,16-17H,2,9,12-15,18,27H2,(H,29,33). The molecule has 0 unspecified atom stereocenters. The van der Waals surface area contributed by atoms with Crippen molar-refractivity contribution in [1.82, 2.24) is 10.3 Å². The number of hydrogen-bond donors (Lipinski definition) is 2. The number of thiazole rings is 1. The molecule has 1 fully saturated rings. The molecule has 0 atom stereocenters. The summed E-state index contributed by atoms with van der Waals surface area (Å²) in [5, 5.41) is 3.99. The highest BCUT2D eigenvalue weighted by molar-refractivity contribution is 7.15. The van der Waals surface area contributed by atoms with Crippen LogP contribution in [0, 0.1) is 0 Å². The zero-order valence-electron chi connectivity index (χ0n) is 19.0. The van der Waals surface area contributed by atoms with E-state index in [9.17, 15) is 4.79 Å². The number of carbonyl (C=O) groups excluding carboxylic acids is 1. The largest absolute Gasteiger partial charge is 0.405 e. The average molecular weight is 473 g/mol. The fraction of sp³-hybridized carbons (Fsp3) is 0.269. The van der Waals surface area contributed by atoms with Gasteiger partial charge in [0.2, 0.25) is 0 Å². The summed E-state index contributed by atoms with van der Waals surface area (Å²) in [6, 6.07) is 14.7. The fourth-order valence-electron chi connectivity index (χ4n) is 4.36. The molecule has 2 aromatic carbocycles. The van der Waals surface area contributed by atoms with Gasteiger partial charge in [0.1, 0.15) is 0 Å². The molecule has 3 heterocycles. The van der Waals surface area contributed by atoms with E-state index in [1.54, 1.807) is 23.6 Å². The number of hydrogen-bond acceptors (Lipinski definition) is 6. The first-order chi connectivity index (χ1) is 16.7. The van der Waals surface area contributed by atoms with Gasteiger partial charge in [0.05, 0.1) is 5.69 Å². The number of urea groups is 1. The van der Waals surface area contributed by atoms with Crippen molar-refractivity contribution in [3.63, 3.8) is 0 Å². The lowest BCUT2D eigenvalue weighted by Crippen LogP contribution is -2.46. The fourth-order valence-corrected chi connectivity index (χ4v) is 5.32. The van der Waals surface area contributed by atoms with Crippen LogP contribution >= 0.6 is 11.3 Å². The van der Waals surface area contributed by atoms with Gasteiger partial charge in [0.25, 0.3) is 0 Å². The summed E-state index contributed by atoms with van der Waals surface area (Å²) in [5.74, 6) is 0. The number of nitrogens with one attached hydrogen (secondary N) is 1. The maximum Gasteiger partial charge on any atom is 0.321 e. The molecule has 2 amide bonds. The predicted octanol–water partition coefficient (Wildman–Crippen LogP) is 4.39. The van der Waals surface area contributed by atoms with Gasteiger partial charge in [-0.2, -0.15) is 0 Å². The van der Waals surface area contributed by atoms with Crippen LogP contribution in [-0.2, 0) is 19.4 Å². The molecule has 1 aromatic heterocycles. The first-order valence-corrected chi connectivity index (χ1v) is 12.4. The molecule has 0 saturated carbocycles. The van der Waals surface area contributed by atoms with Crippen LogP contribution in [0.3, 0.4) is 0 Å². The van der Waals surface area contributed by atoms with Gasteiger partial charge >= 0.3 is 6.03 Å². The van der Waals surface area contributed by atoms with E-state index in [0.29, 0.717) is 0 Å². The maximum atomic E-state index is 12.3. The van der Waals surface area contributed by atoms with E-state index in [0.717, 1.165) is 61.9 Å². The second-order valence-corrected chi connectivity index (χ2v) is 9.57. The number of allylic oxidation sites excluding steroid dienone is 1. The highest BCUT2D eigenvalue weighted by Gasteiger charge is 2.23. The Labute approximate surface area is 203 Å². The van der Waals surface area contributed by atoms with Gasteiger partial charge in [-0.1, -0.05) is 18.2 Å². The lowest BCUT2D eigenvalue weighted by Gasteiger charge is -2.31. The Bertz CT molecular complexity index is 1220. The van der Waals surface area contributed by atoms with Crippen LogP contribution in [0.25, 0.3) is 0 Å². The molecule has 174 valence electrons. The van der Waals surface area contributed by atoms with Crippen molar-refractivity contribution in [3.05, 3.63) is 82.5 Å². The van der Waals surface area contributed by atoms with E-state index in [4.69, 9.17) is 10.7 Å². The van der Waals surface area contributed by atoms with E-state index in [-0.39, 0.29) is 6.03 Å². The summed E-state index contributed by atoms with van der Waals surface area (Å²) in [6.45, 7) is 3.29. The molecule has 0 aliphatic carbocycles. The summed E-state index contributed by atoms with van der Waals surface area (Å²) < 4.78 is 0. The minimum absolute atomic E-state index is 0.00402. The minimum Gasteiger partial charge on any atom is -0.405 e. The van der Waals surface area contributed by atoms with Crippen LogP contribution in [-0.4, -0.2) is 36.9 Å². The quantitative estimate of drug-likeness (QED) is 0.521. The van der Waals surface area contributed by atoms with Gasteiger partial charge in [0.15, 0.2) is 5.13 Å². The third kappa shape index (κ3) is 4.97. The molecule has 0 bridgehead atoms. The van der Waals surface area contributed by atoms with Crippen LogP contribution < -0.4 is 20.9 Å². The summed E-state index contributed by atoms with van der Waals surface area (Å²) in [5.41, 5.74) is 11.1. The molecule has 1 saturated heterocycles. The first-order valence-electron chi connectivity index (χ1n) is 11.6. The molecular formula is C26H28N6OS. The molecule has 0 radical (unpaired) electrons. The molecule has 2 aliphatic heterocycles. The second-order valence-electron chi connectivity index (χ2n) is 8.48. The third-order valence-electron chi connectivity index (χ3n) is 6.14. The second kappa shape index (κ2) is 10.1. The van der Waals surface area contributed by atoms with Crippen molar-refractivity contribution in [1.29, 1.82) is 0 Å². The smallest absolute Gasteiger partial charge is 0.321 e. The molecule has 3 aromatic rings. The van der Waals surface area contributed by atoms with Crippen LogP contribution in [0.15, 0.2) is 65.9 Å². The summed E-state index contributed by atoms with van der Waals surface area (Å²) >= 11 is 1.75. The number of aromatic nitrogens is 1. The van der Waals surface area contributed by atoms with Gasteiger partial charge in [-0.05, 0) is 66.1 Å². The van der Waals surface area contributed by atoms with E-state index in [1.807, 2.05) is 23.2 Å². The van der Waals surface area contributed by atoms with Crippen molar-refractivity contribution >= 4 is 40.1 Å². The van der Waals surface area contributed by atoms with Crippen LogP contribution in [0.4, 0.5) is 21.3 Å². The number of benzene rings is 2. The van der Waals surface area contributed by atoms with Crippen molar-refractivity contribution in [3.8, 4) is 0 Å². The zero-order valence-corrected chi connectivity index (χ0v) is 19.8. The van der Waals surface area contributed by atoms with Gasteiger partial charge in [-0.15, -0.1) is 11.3 Å². The number of amides is 2. The Hall–Kier alpha value is -3.65. The van der Waals surface area contributed by atoms with Gasteiger partial charge < -0.3 is 16.0 Å². The van der Waals surface area contributed by atoms with Crippen LogP contribution in [0.2, 0.25) is 0 Å². The molecule has 5 rings (SSSR count). The average Bonchev–Trinajstić information content (AvgIpc) is 3.33. The molecule has 34 heavy (non-hydrogen) atoms. The molecular weight excluding hydrogens is 444 g/mol. The van der Waals surface area contributed by atoms with Gasteiger partial charge in [-0.3, -0.25) is 9.89 Å². The van der Waals surface area contributed by atoms with Crippen molar-refractivity contribution in [2.75, 3.05) is 29.4 Å². The van der Waals surface area contributed by atoms with E-state index in [2.05, 4.69) is 45.5 Å². The van der Waals surface area contributed by atoms with E-state index < -0.39 is 0 Å². The topological polar surface area (TPSA) is 86.8 Å². The number of rotatable bonds is 6. The van der Waals surface area contributed by atoms with Gasteiger partial charge in [0, 0.05) is 55.6 Å². The van der Waals surface area contributed by atoms with E-state index in [1.165, 1.54) is 27.8 Å². The lowest BCUT2D eigenvalue weighted by molar-refractivity contribution is 0.243. The van der Waals surface area contributed by atoms with Crippen molar-refractivity contribution in [2.24, 2.45) is 10.7 Å². The minimum atomic E-state index is -0.00402. The zero-order chi connectivity index (χ0) is 23.3. The Morgan fingerprint density at radius 1 is 1.15 bits per heavy atom. The number of nitrogens with zero attached hydrogens (tertiary/aromatic N) is 4. The Kier molecular flexibility index (Phi) is 6.58. The SMILES string of the molecule is NC=CC=Nc1ccc(Cc2cnc(N3CCc4ccc(N5CCCNC5=O)cc4C3)s2)cc1. The summed E-state index contributed by atoms with van der Waals surface area (Å²) in [7, 11) is 0. The van der Waals surface area contributed by atoms with Crippen LogP contribution in [0.5, 0.6) is 0 Å². The van der Waals surface area contributed by atoms with E-state index >= 15 is 0 Å². The normalized spacial score (nSPS) is 16.3. The Morgan fingerprint density at radius 3 is 2.85 bits per heavy atom. The lowest BCUT2D eigenvalue weighted by atomic mass is 9.99. The first kappa shape index (κ1) is 22.2. The molecule has 8 heteroatoms.